The van der Waals surface area contributed by atoms with Gasteiger partial charge < -0.3 is 10.1 Å². The molecule has 0 heterocycles. The van der Waals surface area contributed by atoms with E-state index in [1.54, 1.807) is 12.6 Å². The molecule has 3 fully saturated rings. The fourth-order valence-corrected chi connectivity index (χ4v) is 8.96. The Labute approximate surface area is 197 Å². The van der Waals surface area contributed by atoms with Crippen molar-refractivity contribution < 1.29 is 9.53 Å². The fraction of sp³-hybridized carbons (Fsp3) is 0.897. The maximum Gasteiger partial charge on any atom is 0.407 e. The summed E-state index contributed by atoms with van der Waals surface area (Å²) in [4.78, 5) is 11.7. The molecule has 0 aromatic carbocycles. The molecule has 3 nitrogen and oxygen atoms in total. The van der Waals surface area contributed by atoms with Crippen LogP contribution in [0.2, 0.25) is 0 Å². The van der Waals surface area contributed by atoms with Gasteiger partial charge in [-0.3, -0.25) is 0 Å². The molecule has 182 valence electrons. The average Bonchev–Trinajstić information content (AvgIpc) is 3.11. The third-order valence-corrected chi connectivity index (χ3v) is 10.7. The molecular formula is C29H49NO2. The Morgan fingerprint density at radius 3 is 2.59 bits per heavy atom. The van der Waals surface area contributed by atoms with E-state index in [0.717, 1.165) is 48.3 Å². The Kier molecular flexibility index (Phi) is 7.04. The zero-order valence-electron chi connectivity index (χ0n) is 21.7. The fourth-order valence-electron chi connectivity index (χ4n) is 8.96. The van der Waals surface area contributed by atoms with Gasteiger partial charge in [-0.2, -0.15) is 0 Å². The van der Waals surface area contributed by atoms with Crippen molar-refractivity contribution >= 4 is 6.09 Å². The second-order valence-electron chi connectivity index (χ2n) is 12.8. The third-order valence-electron chi connectivity index (χ3n) is 10.7. The van der Waals surface area contributed by atoms with Gasteiger partial charge in [-0.05, 0) is 91.3 Å². The number of hydrogen-bond donors (Lipinski definition) is 1. The number of hydrogen-bond acceptors (Lipinski definition) is 2. The second-order valence-corrected chi connectivity index (χ2v) is 12.8. The molecule has 0 spiro atoms. The Bertz CT molecular complexity index is 714. The van der Waals surface area contributed by atoms with Crippen LogP contribution in [0.3, 0.4) is 0 Å². The lowest BCUT2D eigenvalue weighted by Gasteiger charge is -2.58. The zero-order chi connectivity index (χ0) is 23.1. The van der Waals surface area contributed by atoms with Crippen molar-refractivity contribution in [3.8, 4) is 0 Å². The Balaban J connectivity index is 1.45. The van der Waals surface area contributed by atoms with Crippen LogP contribution in [0, 0.1) is 46.3 Å². The summed E-state index contributed by atoms with van der Waals surface area (Å²) < 4.78 is 5.65. The highest BCUT2D eigenvalue weighted by Crippen LogP contribution is 2.67. The highest BCUT2D eigenvalue weighted by atomic mass is 16.6. The standard InChI is InChI=1S/C29H49NO2/c1-19(2)8-7-9-20(3)24-12-13-25-23-11-10-21-18-22(32-27(31)30-6)14-16-28(21,4)26(23)15-17-29(24,25)5/h10,19-20,22-26H,7-9,11-18H2,1-6H3,(H,30,31)/t20-,22?,23?,24?,25?,26?,28+,29-/m1/s1. The predicted molar refractivity (Wildman–Crippen MR) is 132 cm³/mol. The molecule has 4 aliphatic carbocycles. The summed E-state index contributed by atoms with van der Waals surface area (Å²) in [7, 11) is 1.65. The van der Waals surface area contributed by atoms with Crippen LogP contribution in [0.25, 0.3) is 0 Å². The van der Waals surface area contributed by atoms with E-state index in [4.69, 9.17) is 4.74 Å². The molecule has 8 atom stereocenters. The highest BCUT2D eigenvalue weighted by Gasteiger charge is 2.59. The number of carbonyl (C=O) groups is 1. The molecule has 0 bridgehead atoms. The molecule has 3 heteroatoms. The SMILES string of the molecule is CNC(=O)OC1CC[C@@]2(C)C(=CCC3C4CCC([C@H](C)CCCC(C)C)[C@@]4(C)CCC32)C1. The Hall–Kier alpha value is -0.990. The Morgan fingerprint density at radius 2 is 1.88 bits per heavy atom. The highest BCUT2D eigenvalue weighted by molar-refractivity contribution is 5.66. The van der Waals surface area contributed by atoms with E-state index in [9.17, 15) is 4.79 Å². The quantitative estimate of drug-likeness (QED) is 0.426. The van der Waals surface area contributed by atoms with E-state index in [1.165, 1.54) is 57.8 Å². The first-order valence-corrected chi connectivity index (χ1v) is 13.8. The lowest BCUT2D eigenvalue weighted by Crippen LogP contribution is -2.51. The van der Waals surface area contributed by atoms with Crippen molar-refractivity contribution in [1.82, 2.24) is 5.32 Å². The monoisotopic (exact) mass is 443 g/mol. The average molecular weight is 444 g/mol. The van der Waals surface area contributed by atoms with Gasteiger partial charge in [0.25, 0.3) is 0 Å². The van der Waals surface area contributed by atoms with Crippen LogP contribution in [0.15, 0.2) is 11.6 Å². The molecule has 3 saturated carbocycles. The number of amides is 1. The van der Waals surface area contributed by atoms with Crippen LogP contribution >= 0.6 is 0 Å². The van der Waals surface area contributed by atoms with Crippen molar-refractivity contribution in [3.05, 3.63) is 11.6 Å². The van der Waals surface area contributed by atoms with Crippen molar-refractivity contribution in [1.29, 1.82) is 0 Å². The van der Waals surface area contributed by atoms with Gasteiger partial charge in [-0.15, -0.1) is 0 Å². The molecule has 0 saturated heterocycles. The number of nitrogens with one attached hydrogen (secondary N) is 1. The van der Waals surface area contributed by atoms with Gasteiger partial charge in [0.15, 0.2) is 0 Å². The van der Waals surface area contributed by atoms with Crippen molar-refractivity contribution in [2.75, 3.05) is 7.05 Å². The summed E-state index contributed by atoms with van der Waals surface area (Å²) in [6.07, 6.45) is 16.7. The summed E-state index contributed by atoms with van der Waals surface area (Å²) >= 11 is 0. The van der Waals surface area contributed by atoms with E-state index in [2.05, 4.69) is 46.0 Å². The lowest BCUT2D eigenvalue weighted by molar-refractivity contribution is -0.0580. The molecular weight excluding hydrogens is 394 g/mol. The summed E-state index contributed by atoms with van der Waals surface area (Å²) in [5.41, 5.74) is 2.48. The summed E-state index contributed by atoms with van der Waals surface area (Å²) in [5, 5.41) is 2.62. The molecule has 0 aliphatic heterocycles. The molecule has 32 heavy (non-hydrogen) atoms. The lowest BCUT2D eigenvalue weighted by atomic mass is 9.47. The first-order chi connectivity index (χ1) is 15.2. The van der Waals surface area contributed by atoms with E-state index < -0.39 is 0 Å². The maximum atomic E-state index is 11.7. The molecule has 1 amide bonds. The predicted octanol–water partition coefficient (Wildman–Crippen LogP) is 7.75. The van der Waals surface area contributed by atoms with E-state index in [0.29, 0.717) is 10.8 Å². The largest absolute Gasteiger partial charge is 0.446 e. The van der Waals surface area contributed by atoms with Crippen LogP contribution in [-0.4, -0.2) is 19.2 Å². The van der Waals surface area contributed by atoms with Gasteiger partial charge in [0.1, 0.15) is 6.10 Å². The number of fused-ring (bicyclic) bond motifs is 5. The van der Waals surface area contributed by atoms with Crippen LogP contribution in [0.1, 0.15) is 105 Å². The number of allylic oxidation sites excluding steroid dienone is 1. The van der Waals surface area contributed by atoms with Crippen LogP contribution in [0.5, 0.6) is 0 Å². The van der Waals surface area contributed by atoms with Crippen LogP contribution in [-0.2, 0) is 4.74 Å². The topological polar surface area (TPSA) is 38.3 Å². The van der Waals surface area contributed by atoms with Gasteiger partial charge in [-0.1, -0.05) is 65.5 Å². The molecule has 5 unspecified atom stereocenters. The smallest absolute Gasteiger partial charge is 0.407 e. The summed E-state index contributed by atoms with van der Waals surface area (Å²) in [6, 6.07) is 0. The van der Waals surface area contributed by atoms with Crippen molar-refractivity contribution in [3.63, 3.8) is 0 Å². The van der Waals surface area contributed by atoms with Gasteiger partial charge in [0, 0.05) is 13.5 Å². The first-order valence-electron chi connectivity index (χ1n) is 13.8. The van der Waals surface area contributed by atoms with E-state index >= 15 is 0 Å². The van der Waals surface area contributed by atoms with Crippen molar-refractivity contribution in [2.24, 2.45) is 46.3 Å². The molecule has 4 rings (SSSR count). The molecule has 0 aromatic heterocycles. The number of rotatable bonds is 6. The molecule has 0 radical (unpaired) electrons. The zero-order valence-corrected chi connectivity index (χ0v) is 21.7. The summed E-state index contributed by atoms with van der Waals surface area (Å²) in [6.45, 7) is 12.5. The minimum atomic E-state index is -0.277. The van der Waals surface area contributed by atoms with Crippen LogP contribution in [0.4, 0.5) is 4.79 Å². The van der Waals surface area contributed by atoms with Gasteiger partial charge in [-0.25, -0.2) is 4.79 Å². The maximum absolute atomic E-state index is 11.7. The number of carbonyl (C=O) groups excluding carboxylic acids is 1. The molecule has 0 aromatic rings. The summed E-state index contributed by atoms with van der Waals surface area (Å²) in [5.74, 6) is 5.25. The van der Waals surface area contributed by atoms with Gasteiger partial charge in [0.05, 0.1) is 0 Å². The minimum absolute atomic E-state index is 0.0576. The number of ether oxygens (including phenoxy) is 1. The van der Waals surface area contributed by atoms with Crippen LogP contribution < -0.4 is 5.32 Å². The van der Waals surface area contributed by atoms with Gasteiger partial charge >= 0.3 is 6.09 Å². The van der Waals surface area contributed by atoms with Crippen molar-refractivity contribution in [2.45, 2.75) is 111 Å². The molecule has 4 aliphatic rings. The second kappa shape index (κ2) is 9.34. The van der Waals surface area contributed by atoms with Gasteiger partial charge in [0.2, 0.25) is 0 Å². The molecule has 1 N–H and O–H groups in total. The minimum Gasteiger partial charge on any atom is -0.446 e. The first kappa shape index (κ1) is 24.1. The van der Waals surface area contributed by atoms with E-state index in [-0.39, 0.29) is 12.2 Å². The van der Waals surface area contributed by atoms with E-state index in [1.807, 2.05) is 0 Å². The Morgan fingerprint density at radius 1 is 1.09 bits per heavy atom. The third kappa shape index (κ3) is 4.27. The normalized spacial score (nSPS) is 41.8. The number of alkyl carbamates (subject to hydrolysis) is 1.